The van der Waals surface area contributed by atoms with Crippen LogP contribution in [0.5, 0.6) is 0 Å². The predicted molar refractivity (Wildman–Crippen MR) is 96.3 cm³/mol. The molecule has 134 valence electrons. The van der Waals surface area contributed by atoms with Crippen LogP contribution in [0, 0.1) is 6.92 Å². The summed E-state index contributed by atoms with van der Waals surface area (Å²) in [6.07, 6.45) is 2.33. The predicted octanol–water partition coefficient (Wildman–Crippen LogP) is 1.62. The van der Waals surface area contributed by atoms with Gasteiger partial charge in [-0.15, -0.1) is 0 Å². The Labute approximate surface area is 144 Å². The van der Waals surface area contributed by atoms with Gasteiger partial charge in [-0.3, -0.25) is 9.98 Å². The van der Waals surface area contributed by atoms with E-state index in [1.54, 1.807) is 7.05 Å². The molecule has 0 saturated heterocycles. The van der Waals surface area contributed by atoms with E-state index in [1.165, 1.54) is 5.56 Å². The van der Waals surface area contributed by atoms with Gasteiger partial charge in [0.05, 0.1) is 0 Å². The van der Waals surface area contributed by atoms with Gasteiger partial charge in [0.1, 0.15) is 5.60 Å². The van der Waals surface area contributed by atoms with Crippen LogP contribution in [0.1, 0.15) is 32.0 Å². The van der Waals surface area contributed by atoms with E-state index in [2.05, 4.69) is 32.0 Å². The Hall–Kier alpha value is -2.31. The molecule has 0 fully saturated rings. The lowest BCUT2D eigenvalue weighted by atomic mass is 10.2. The fraction of sp³-hybridized carbons (Fsp3) is 0.588. The van der Waals surface area contributed by atoms with E-state index in [0.29, 0.717) is 19.0 Å². The molecule has 0 aliphatic heterocycles. The highest BCUT2D eigenvalue weighted by atomic mass is 16.6. The van der Waals surface area contributed by atoms with Gasteiger partial charge in [0.15, 0.2) is 5.96 Å². The number of alkyl carbamates (subject to hydrolysis) is 1. The number of hydrogen-bond donors (Lipinski definition) is 3. The van der Waals surface area contributed by atoms with Crippen LogP contribution in [0.3, 0.4) is 0 Å². The summed E-state index contributed by atoms with van der Waals surface area (Å²) in [4.78, 5) is 19.9. The lowest BCUT2D eigenvalue weighted by Crippen LogP contribution is -2.43. The first-order valence-corrected chi connectivity index (χ1v) is 8.13. The SMILES string of the molecule is CN=C(NCCNC(=O)OC(C)(C)C)NCCc1ccc(C)nc1. The molecule has 0 spiro atoms. The second-order valence-electron chi connectivity index (χ2n) is 6.41. The normalized spacial score (nSPS) is 11.8. The molecule has 0 aromatic carbocycles. The molecular formula is C17H29N5O2. The molecule has 1 rings (SSSR count). The van der Waals surface area contributed by atoms with Crippen molar-refractivity contribution in [2.45, 2.75) is 39.7 Å². The molecule has 1 aromatic heterocycles. The number of aryl methyl sites for hydroxylation is 1. The maximum absolute atomic E-state index is 11.5. The monoisotopic (exact) mass is 335 g/mol. The number of ether oxygens (including phenoxy) is 1. The third-order valence-electron chi connectivity index (χ3n) is 2.99. The zero-order chi connectivity index (χ0) is 18.0. The van der Waals surface area contributed by atoms with Crippen molar-refractivity contribution in [3.05, 3.63) is 29.6 Å². The van der Waals surface area contributed by atoms with Gasteiger partial charge in [-0.05, 0) is 45.7 Å². The van der Waals surface area contributed by atoms with Gasteiger partial charge in [-0.1, -0.05) is 6.07 Å². The summed E-state index contributed by atoms with van der Waals surface area (Å²) in [6.45, 7) is 9.24. The number of nitrogens with one attached hydrogen (secondary N) is 3. The Balaban J connectivity index is 2.19. The van der Waals surface area contributed by atoms with Crippen molar-refractivity contribution < 1.29 is 9.53 Å². The lowest BCUT2D eigenvalue weighted by molar-refractivity contribution is 0.0529. The number of carbonyl (C=O) groups is 1. The molecule has 0 bridgehead atoms. The second kappa shape index (κ2) is 9.75. The summed E-state index contributed by atoms with van der Waals surface area (Å²) in [6, 6.07) is 4.08. The highest BCUT2D eigenvalue weighted by molar-refractivity contribution is 5.79. The smallest absolute Gasteiger partial charge is 0.407 e. The van der Waals surface area contributed by atoms with Crippen molar-refractivity contribution in [1.29, 1.82) is 0 Å². The van der Waals surface area contributed by atoms with Gasteiger partial charge in [-0.2, -0.15) is 0 Å². The van der Waals surface area contributed by atoms with Crippen molar-refractivity contribution in [2.75, 3.05) is 26.7 Å². The molecule has 24 heavy (non-hydrogen) atoms. The zero-order valence-corrected chi connectivity index (χ0v) is 15.3. The summed E-state index contributed by atoms with van der Waals surface area (Å²) in [5, 5.41) is 9.05. The number of hydrogen-bond acceptors (Lipinski definition) is 4. The fourth-order valence-corrected chi connectivity index (χ4v) is 1.85. The molecule has 1 amide bonds. The van der Waals surface area contributed by atoms with Crippen molar-refractivity contribution >= 4 is 12.1 Å². The standard InChI is InChI=1S/C17H29N5O2/c1-13-6-7-14(12-22-13)8-9-19-15(18-5)20-10-11-21-16(23)24-17(2,3)4/h6-7,12H,8-11H2,1-5H3,(H,21,23)(H2,18,19,20). The molecule has 0 unspecified atom stereocenters. The maximum Gasteiger partial charge on any atom is 0.407 e. The van der Waals surface area contributed by atoms with Gasteiger partial charge in [-0.25, -0.2) is 4.79 Å². The summed E-state index contributed by atoms with van der Waals surface area (Å²) in [5.74, 6) is 0.695. The average molecular weight is 335 g/mol. The molecular weight excluding hydrogens is 306 g/mol. The van der Waals surface area contributed by atoms with Crippen LogP contribution in [0.25, 0.3) is 0 Å². The molecule has 1 aromatic rings. The van der Waals surface area contributed by atoms with E-state index in [0.717, 1.165) is 18.7 Å². The summed E-state index contributed by atoms with van der Waals surface area (Å²) >= 11 is 0. The summed E-state index contributed by atoms with van der Waals surface area (Å²) < 4.78 is 5.16. The Kier molecular flexibility index (Phi) is 8.01. The van der Waals surface area contributed by atoms with Crippen molar-refractivity contribution in [1.82, 2.24) is 20.9 Å². The van der Waals surface area contributed by atoms with Crippen LogP contribution in [0.2, 0.25) is 0 Å². The van der Waals surface area contributed by atoms with Gasteiger partial charge in [0, 0.05) is 38.6 Å². The van der Waals surface area contributed by atoms with E-state index >= 15 is 0 Å². The fourth-order valence-electron chi connectivity index (χ4n) is 1.85. The minimum Gasteiger partial charge on any atom is -0.444 e. The van der Waals surface area contributed by atoms with Crippen molar-refractivity contribution in [3.63, 3.8) is 0 Å². The molecule has 7 nitrogen and oxygen atoms in total. The van der Waals surface area contributed by atoms with Crippen LogP contribution in [-0.2, 0) is 11.2 Å². The number of carbonyl (C=O) groups excluding carboxylic acids is 1. The topological polar surface area (TPSA) is 87.6 Å². The van der Waals surface area contributed by atoms with Crippen LogP contribution >= 0.6 is 0 Å². The van der Waals surface area contributed by atoms with Crippen LogP contribution in [-0.4, -0.2) is 49.3 Å². The molecule has 0 saturated carbocycles. The summed E-state index contributed by atoms with van der Waals surface area (Å²) in [7, 11) is 1.71. The summed E-state index contributed by atoms with van der Waals surface area (Å²) in [5.41, 5.74) is 1.71. The highest BCUT2D eigenvalue weighted by Crippen LogP contribution is 2.05. The number of nitrogens with zero attached hydrogens (tertiary/aromatic N) is 2. The third kappa shape index (κ3) is 8.97. The maximum atomic E-state index is 11.5. The number of aliphatic imine (C=N–C) groups is 1. The minimum absolute atomic E-state index is 0.417. The minimum atomic E-state index is -0.486. The number of amides is 1. The largest absolute Gasteiger partial charge is 0.444 e. The number of aromatic nitrogens is 1. The van der Waals surface area contributed by atoms with Crippen LogP contribution < -0.4 is 16.0 Å². The van der Waals surface area contributed by atoms with E-state index in [4.69, 9.17) is 4.74 Å². The van der Waals surface area contributed by atoms with E-state index < -0.39 is 11.7 Å². The van der Waals surface area contributed by atoms with Gasteiger partial charge in [0.2, 0.25) is 0 Å². The van der Waals surface area contributed by atoms with Gasteiger partial charge in [0.25, 0.3) is 0 Å². The second-order valence-corrected chi connectivity index (χ2v) is 6.41. The van der Waals surface area contributed by atoms with Crippen molar-refractivity contribution in [2.24, 2.45) is 4.99 Å². The van der Waals surface area contributed by atoms with E-state index in [1.807, 2.05) is 40.0 Å². The quantitative estimate of drug-likeness (QED) is 0.418. The molecule has 3 N–H and O–H groups in total. The van der Waals surface area contributed by atoms with Crippen LogP contribution in [0.4, 0.5) is 4.79 Å². The average Bonchev–Trinajstić information content (AvgIpc) is 2.49. The van der Waals surface area contributed by atoms with Crippen LogP contribution in [0.15, 0.2) is 23.3 Å². The Morgan fingerprint density at radius 1 is 1.17 bits per heavy atom. The number of guanidine groups is 1. The first kappa shape index (κ1) is 19.7. The first-order chi connectivity index (χ1) is 11.3. The van der Waals surface area contributed by atoms with E-state index in [9.17, 15) is 4.79 Å². The first-order valence-electron chi connectivity index (χ1n) is 8.13. The molecule has 7 heteroatoms. The zero-order valence-electron chi connectivity index (χ0n) is 15.3. The Morgan fingerprint density at radius 2 is 1.83 bits per heavy atom. The molecule has 0 aliphatic carbocycles. The molecule has 1 heterocycles. The number of rotatable bonds is 6. The molecule has 0 atom stereocenters. The van der Waals surface area contributed by atoms with E-state index in [-0.39, 0.29) is 0 Å². The molecule has 0 aliphatic rings. The van der Waals surface area contributed by atoms with Gasteiger partial charge < -0.3 is 20.7 Å². The molecule has 0 radical (unpaired) electrons. The third-order valence-corrected chi connectivity index (χ3v) is 2.99. The Bertz CT molecular complexity index is 535. The number of pyridine rings is 1. The van der Waals surface area contributed by atoms with Gasteiger partial charge >= 0.3 is 6.09 Å². The lowest BCUT2D eigenvalue weighted by Gasteiger charge is -2.19. The Morgan fingerprint density at radius 3 is 2.42 bits per heavy atom. The highest BCUT2D eigenvalue weighted by Gasteiger charge is 2.15. The van der Waals surface area contributed by atoms with Crippen molar-refractivity contribution in [3.8, 4) is 0 Å².